The predicted octanol–water partition coefficient (Wildman–Crippen LogP) is 1.79. The lowest BCUT2D eigenvalue weighted by Gasteiger charge is -2.08. The van der Waals surface area contributed by atoms with Crippen molar-refractivity contribution in [3.63, 3.8) is 0 Å². The van der Waals surface area contributed by atoms with Crippen LogP contribution in [0.1, 0.15) is 18.4 Å². The third-order valence-electron chi connectivity index (χ3n) is 3.70. The Bertz CT molecular complexity index is 467. The largest absolute Gasteiger partial charge is 0.497 e. The van der Waals surface area contributed by atoms with E-state index in [1.54, 1.807) is 7.11 Å². The molecule has 2 aliphatic rings. The number of nitrogens with one attached hydrogen (secondary N) is 1. The standard InChI is InChI=1S/C15H20N2O2/c1-18-13-5-2-4-11(9-13)8-12-10-19-15(17-12)14-6-3-7-16-14/h2,4-5,9,12,14,16H,3,6-8,10H2,1H3. The first-order valence-corrected chi connectivity index (χ1v) is 6.92. The van der Waals surface area contributed by atoms with E-state index < -0.39 is 0 Å². The fraction of sp³-hybridized carbons (Fsp3) is 0.533. The van der Waals surface area contributed by atoms with Gasteiger partial charge in [-0.2, -0.15) is 0 Å². The molecule has 1 aromatic rings. The van der Waals surface area contributed by atoms with Crippen molar-refractivity contribution in [3.8, 4) is 5.75 Å². The van der Waals surface area contributed by atoms with E-state index in [0.29, 0.717) is 12.6 Å². The summed E-state index contributed by atoms with van der Waals surface area (Å²) in [5.41, 5.74) is 1.25. The zero-order chi connectivity index (χ0) is 13.1. The molecule has 0 bridgehead atoms. The van der Waals surface area contributed by atoms with Crippen LogP contribution in [0.2, 0.25) is 0 Å². The Hall–Kier alpha value is -1.55. The summed E-state index contributed by atoms with van der Waals surface area (Å²) in [4.78, 5) is 4.71. The van der Waals surface area contributed by atoms with E-state index in [0.717, 1.165) is 31.0 Å². The molecule has 102 valence electrons. The third-order valence-corrected chi connectivity index (χ3v) is 3.70. The van der Waals surface area contributed by atoms with Crippen molar-refractivity contribution in [2.24, 2.45) is 4.99 Å². The van der Waals surface area contributed by atoms with Crippen LogP contribution in [0.15, 0.2) is 29.3 Å². The van der Waals surface area contributed by atoms with E-state index in [4.69, 9.17) is 14.5 Å². The van der Waals surface area contributed by atoms with Crippen LogP contribution in [0.5, 0.6) is 5.75 Å². The summed E-state index contributed by atoms with van der Waals surface area (Å²) in [7, 11) is 1.69. The van der Waals surface area contributed by atoms with Gasteiger partial charge in [-0.15, -0.1) is 0 Å². The maximum Gasteiger partial charge on any atom is 0.201 e. The maximum absolute atomic E-state index is 5.73. The number of aliphatic imine (C=N–C) groups is 1. The average molecular weight is 260 g/mol. The summed E-state index contributed by atoms with van der Waals surface area (Å²) in [6.07, 6.45) is 3.27. The molecule has 19 heavy (non-hydrogen) atoms. The van der Waals surface area contributed by atoms with Crippen molar-refractivity contribution in [2.75, 3.05) is 20.3 Å². The van der Waals surface area contributed by atoms with Gasteiger partial charge in [-0.1, -0.05) is 12.1 Å². The molecule has 0 spiro atoms. The fourth-order valence-corrected chi connectivity index (χ4v) is 2.70. The molecule has 1 fully saturated rings. The zero-order valence-corrected chi connectivity index (χ0v) is 11.3. The van der Waals surface area contributed by atoms with Gasteiger partial charge >= 0.3 is 0 Å². The van der Waals surface area contributed by atoms with Crippen LogP contribution in [-0.2, 0) is 11.2 Å². The first-order chi connectivity index (χ1) is 9.35. The van der Waals surface area contributed by atoms with Crippen molar-refractivity contribution < 1.29 is 9.47 Å². The van der Waals surface area contributed by atoms with Crippen LogP contribution in [0, 0.1) is 0 Å². The number of methoxy groups -OCH3 is 1. The molecule has 1 saturated heterocycles. The SMILES string of the molecule is COc1cccc(CC2COC(C3CCCN3)=N2)c1. The van der Waals surface area contributed by atoms with E-state index in [-0.39, 0.29) is 6.04 Å². The molecular formula is C15H20N2O2. The molecule has 3 rings (SSSR count). The van der Waals surface area contributed by atoms with E-state index in [2.05, 4.69) is 17.4 Å². The monoisotopic (exact) mass is 260 g/mol. The molecule has 1 aromatic carbocycles. The van der Waals surface area contributed by atoms with Gasteiger partial charge < -0.3 is 14.8 Å². The van der Waals surface area contributed by atoms with Gasteiger partial charge in [-0.05, 0) is 43.5 Å². The van der Waals surface area contributed by atoms with Gasteiger partial charge in [-0.3, -0.25) is 0 Å². The molecule has 2 aliphatic heterocycles. The first-order valence-electron chi connectivity index (χ1n) is 6.92. The highest BCUT2D eigenvalue weighted by molar-refractivity contribution is 5.83. The molecular weight excluding hydrogens is 240 g/mol. The molecule has 0 amide bonds. The Morgan fingerprint density at radius 1 is 1.47 bits per heavy atom. The highest BCUT2D eigenvalue weighted by Gasteiger charge is 2.27. The second-order valence-corrected chi connectivity index (χ2v) is 5.14. The van der Waals surface area contributed by atoms with Gasteiger partial charge in [0.25, 0.3) is 0 Å². The number of rotatable bonds is 4. The molecule has 2 atom stereocenters. The van der Waals surface area contributed by atoms with Gasteiger partial charge in [0.05, 0.1) is 19.2 Å². The highest BCUT2D eigenvalue weighted by atomic mass is 16.5. The van der Waals surface area contributed by atoms with Crippen LogP contribution in [0.25, 0.3) is 0 Å². The van der Waals surface area contributed by atoms with Crippen molar-refractivity contribution in [1.82, 2.24) is 5.32 Å². The van der Waals surface area contributed by atoms with Crippen LogP contribution in [0.4, 0.5) is 0 Å². The summed E-state index contributed by atoms with van der Waals surface area (Å²) in [5.74, 6) is 1.81. The lowest BCUT2D eigenvalue weighted by atomic mass is 10.1. The quantitative estimate of drug-likeness (QED) is 0.897. The number of hydrogen-bond acceptors (Lipinski definition) is 4. The summed E-state index contributed by atoms with van der Waals surface area (Å²) in [5, 5.41) is 3.43. The Morgan fingerprint density at radius 3 is 3.21 bits per heavy atom. The minimum atomic E-state index is 0.240. The number of ether oxygens (including phenoxy) is 2. The maximum atomic E-state index is 5.73. The van der Waals surface area contributed by atoms with E-state index in [1.807, 2.05) is 12.1 Å². The summed E-state index contributed by atoms with van der Waals surface area (Å²) in [6.45, 7) is 1.78. The smallest absolute Gasteiger partial charge is 0.201 e. The second kappa shape index (κ2) is 5.61. The topological polar surface area (TPSA) is 42.9 Å². The number of benzene rings is 1. The summed E-state index contributed by atoms with van der Waals surface area (Å²) >= 11 is 0. The number of nitrogens with zero attached hydrogens (tertiary/aromatic N) is 1. The van der Waals surface area contributed by atoms with Gasteiger partial charge in [0.2, 0.25) is 5.90 Å². The molecule has 0 radical (unpaired) electrons. The summed E-state index contributed by atoms with van der Waals surface area (Å²) < 4.78 is 11.0. The van der Waals surface area contributed by atoms with Crippen molar-refractivity contribution >= 4 is 5.90 Å². The normalized spacial score (nSPS) is 26.1. The molecule has 0 saturated carbocycles. The number of hydrogen-bond donors (Lipinski definition) is 1. The predicted molar refractivity (Wildman–Crippen MR) is 74.9 cm³/mol. The first kappa shape index (κ1) is 12.5. The molecule has 4 heteroatoms. The van der Waals surface area contributed by atoms with Crippen molar-refractivity contribution in [3.05, 3.63) is 29.8 Å². The van der Waals surface area contributed by atoms with Crippen molar-refractivity contribution in [1.29, 1.82) is 0 Å². The zero-order valence-electron chi connectivity index (χ0n) is 11.3. The Morgan fingerprint density at radius 2 is 2.42 bits per heavy atom. The molecule has 2 unspecified atom stereocenters. The lowest BCUT2D eigenvalue weighted by Crippen LogP contribution is -2.30. The second-order valence-electron chi connectivity index (χ2n) is 5.14. The van der Waals surface area contributed by atoms with Gasteiger partial charge in [-0.25, -0.2) is 4.99 Å². The van der Waals surface area contributed by atoms with Crippen LogP contribution < -0.4 is 10.1 Å². The van der Waals surface area contributed by atoms with E-state index in [9.17, 15) is 0 Å². The molecule has 2 heterocycles. The fourth-order valence-electron chi connectivity index (χ4n) is 2.70. The average Bonchev–Trinajstić information content (AvgIpc) is 3.09. The lowest BCUT2D eigenvalue weighted by molar-refractivity contribution is 0.302. The van der Waals surface area contributed by atoms with Gasteiger partial charge in [0.1, 0.15) is 12.4 Å². The van der Waals surface area contributed by atoms with Crippen molar-refractivity contribution in [2.45, 2.75) is 31.3 Å². The van der Waals surface area contributed by atoms with E-state index >= 15 is 0 Å². The van der Waals surface area contributed by atoms with Gasteiger partial charge in [0.15, 0.2) is 0 Å². The molecule has 0 aliphatic carbocycles. The summed E-state index contributed by atoms with van der Waals surface area (Å²) in [6, 6.07) is 8.75. The Balaban J connectivity index is 1.64. The van der Waals surface area contributed by atoms with Gasteiger partial charge in [0, 0.05) is 0 Å². The minimum Gasteiger partial charge on any atom is -0.497 e. The van der Waals surface area contributed by atoms with Crippen LogP contribution in [-0.4, -0.2) is 38.2 Å². The molecule has 1 N–H and O–H groups in total. The Kier molecular flexibility index (Phi) is 3.69. The minimum absolute atomic E-state index is 0.240. The van der Waals surface area contributed by atoms with E-state index in [1.165, 1.54) is 12.0 Å². The Labute approximate surface area is 113 Å². The molecule has 4 nitrogen and oxygen atoms in total. The van der Waals surface area contributed by atoms with Crippen LogP contribution >= 0.6 is 0 Å². The molecule has 0 aromatic heterocycles. The third kappa shape index (κ3) is 2.89. The highest BCUT2D eigenvalue weighted by Crippen LogP contribution is 2.19. The van der Waals surface area contributed by atoms with Crippen LogP contribution in [0.3, 0.4) is 0 Å².